The Morgan fingerprint density at radius 1 is 1.06 bits per heavy atom. The van der Waals surface area contributed by atoms with Crippen LogP contribution in [0.1, 0.15) is 10.4 Å². The van der Waals surface area contributed by atoms with E-state index in [4.69, 9.17) is 5.11 Å². The Bertz CT molecular complexity index is 740. The number of aryl methyl sites for hydroxylation is 1. The fourth-order valence-electron chi connectivity index (χ4n) is 2.29. The van der Waals surface area contributed by atoms with Crippen LogP contribution >= 0.6 is 0 Å². The number of carboxylic acids is 1. The molecule has 0 aliphatic heterocycles. The van der Waals surface area contributed by atoms with Crippen molar-refractivity contribution < 1.29 is 9.90 Å². The summed E-state index contributed by atoms with van der Waals surface area (Å²) in [6.45, 7) is 0. The number of aromatic nitrogens is 1. The van der Waals surface area contributed by atoms with Crippen LogP contribution in [0.4, 0.5) is 0 Å². The molecule has 0 radical (unpaired) electrons. The zero-order valence-corrected chi connectivity index (χ0v) is 9.34. The fraction of sp³-hybridized carbons (Fsp3) is 0.0714. The second kappa shape index (κ2) is 3.35. The van der Waals surface area contributed by atoms with Crippen molar-refractivity contribution in [2.45, 2.75) is 0 Å². The van der Waals surface area contributed by atoms with Gasteiger partial charge in [0.2, 0.25) is 0 Å². The van der Waals surface area contributed by atoms with E-state index in [1.165, 1.54) is 0 Å². The minimum atomic E-state index is -0.892. The molecule has 0 aliphatic carbocycles. The Morgan fingerprint density at radius 3 is 2.53 bits per heavy atom. The number of aromatic carboxylic acids is 1. The second-order valence-electron chi connectivity index (χ2n) is 4.11. The average Bonchev–Trinajstić information content (AvgIpc) is 2.64. The highest BCUT2D eigenvalue weighted by Crippen LogP contribution is 2.28. The lowest BCUT2D eigenvalue weighted by atomic mass is 10.1. The van der Waals surface area contributed by atoms with Crippen LogP contribution in [0.15, 0.2) is 42.5 Å². The summed E-state index contributed by atoms with van der Waals surface area (Å²) < 4.78 is 2.02. The van der Waals surface area contributed by atoms with E-state index < -0.39 is 5.97 Å². The van der Waals surface area contributed by atoms with Crippen molar-refractivity contribution >= 4 is 27.8 Å². The molecule has 0 atom stereocenters. The van der Waals surface area contributed by atoms with Gasteiger partial charge in [-0.15, -0.1) is 0 Å². The maximum atomic E-state index is 11.0. The van der Waals surface area contributed by atoms with Gasteiger partial charge in [-0.2, -0.15) is 0 Å². The molecule has 0 saturated carbocycles. The first kappa shape index (κ1) is 9.90. The molecule has 0 amide bonds. The van der Waals surface area contributed by atoms with Crippen molar-refractivity contribution in [3.8, 4) is 0 Å². The highest BCUT2D eigenvalue weighted by Gasteiger charge is 2.10. The van der Waals surface area contributed by atoms with Crippen LogP contribution in [0.25, 0.3) is 21.8 Å². The van der Waals surface area contributed by atoms with E-state index in [2.05, 4.69) is 6.07 Å². The molecule has 17 heavy (non-hydrogen) atoms. The number of nitrogens with zero attached hydrogens (tertiary/aromatic N) is 1. The Morgan fingerprint density at radius 2 is 1.76 bits per heavy atom. The topological polar surface area (TPSA) is 42.2 Å². The van der Waals surface area contributed by atoms with Crippen molar-refractivity contribution in [3.63, 3.8) is 0 Å². The minimum absolute atomic E-state index is 0.323. The number of carboxylic acid groups (broad SMARTS) is 1. The number of fused-ring (bicyclic) bond motifs is 3. The Kier molecular flexibility index (Phi) is 1.95. The predicted molar refractivity (Wildman–Crippen MR) is 67.4 cm³/mol. The van der Waals surface area contributed by atoms with Gasteiger partial charge in [0.15, 0.2) is 0 Å². The normalized spacial score (nSPS) is 11.1. The molecule has 0 fully saturated rings. The summed E-state index contributed by atoms with van der Waals surface area (Å²) in [4.78, 5) is 11.0. The molecule has 1 heterocycles. The van der Waals surface area contributed by atoms with Crippen molar-refractivity contribution in [2.75, 3.05) is 0 Å². The number of para-hydroxylation sites is 1. The van der Waals surface area contributed by atoms with Gasteiger partial charge in [-0.25, -0.2) is 4.79 Å². The number of benzene rings is 2. The van der Waals surface area contributed by atoms with Crippen LogP contribution in [-0.4, -0.2) is 15.6 Å². The standard InChI is InChI=1S/C14H11NO2/c1-15-12-5-3-2-4-10(12)11-7-6-9(14(16)17)8-13(11)15/h2-8H,1H3,(H,16,17). The third kappa shape index (κ3) is 1.32. The molecule has 2 aromatic carbocycles. The molecule has 1 N–H and O–H groups in total. The van der Waals surface area contributed by atoms with Gasteiger partial charge in [0.1, 0.15) is 0 Å². The molecule has 3 aromatic rings. The summed E-state index contributed by atoms with van der Waals surface area (Å²) in [5, 5.41) is 11.2. The Hall–Kier alpha value is -2.29. The molecule has 0 bridgehead atoms. The SMILES string of the molecule is Cn1c2ccccc2c2ccc(C(=O)O)cc21. The molecular weight excluding hydrogens is 214 g/mol. The highest BCUT2D eigenvalue weighted by atomic mass is 16.4. The van der Waals surface area contributed by atoms with Gasteiger partial charge in [0.25, 0.3) is 0 Å². The van der Waals surface area contributed by atoms with Crippen LogP contribution in [-0.2, 0) is 7.05 Å². The summed E-state index contributed by atoms with van der Waals surface area (Å²) in [5.41, 5.74) is 2.39. The third-order valence-electron chi connectivity index (χ3n) is 3.16. The van der Waals surface area contributed by atoms with Crippen LogP contribution in [0.2, 0.25) is 0 Å². The molecule has 84 valence electrons. The van der Waals surface area contributed by atoms with E-state index in [0.29, 0.717) is 5.56 Å². The molecule has 3 heteroatoms. The molecule has 3 nitrogen and oxygen atoms in total. The van der Waals surface area contributed by atoms with E-state index in [9.17, 15) is 4.79 Å². The van der Waals surface area contributed by atoms with Gasteiger partial charge in [0, 0.05) is 28.9 Å². The van der Waals surface area contributed by atoms with E-state index in [1.54, 1.807) is 12.1 Å². The second-order valence-corrected chi connectivity index (χ2v) is 4.11. The molecule has 0 saturated heterocycles. The molecule has 0 aliphatic rings. The Balaban J connectivity index is 2.49. The summed E-state index contributed by atoms with van der Waals surface area (Å²) in [6.07, 6.45) is 0. The summed E-state index contributed by atoms with van der Waals surface area (Å²) in [7, 11) is 1.95. The zero-order valence-electron chi connectivity index (χ0n) is 9.34. The highest BCUT2D eigenvalue weighted by molar-refractivity contribution is 6.09. The van der Waals surface area contributed by atoms with E-state index in [-0.39, 0.29) is 0 Å². The lowest BCUT2D eigenvalue weighted by Crippen LogP contribution is -1.96. The van der Waals surface area contributed by atoms with Gasteiger partial charge in [-0.3, -0.25) is 0 Å². The van der Waals surface area contributed by atoms with Crippen molar-refractivity contribution in [1.29, 1.82) is 0 Å². The molecule has 0 unspecified atom stereocenters. The summed E-state index contributed by atoms with van der Waals surface area (Å²) in [6, 6.07) is 13.3. The maximum Gasteiger partial charge on any atom is 0.335 e. The monoisotopic (exact) mass is 225 g/mol. The van der Waals surface area contributed by atoms with E-state index in [1.807, 2.05) is 35.9 Å². The first-order valence-electron chi connectivity index (χ1n) is 5.39. The van der Waals surface area contributed by atoms with Gasteiger partial charge >= 0.3 is 5.97 Å². The summed E-state index contributed by atoms with van der Waals surface area (Å²) in [5.74, 6) is -0.892. The quantitative estimate of drug-likeness (QED) is 0.691. The number of hydrogen-bond acceptors (Lipinski definition) is 1. The predicted octanol–water partition coefficient (Wildman–Crippen LogP) is 3.03. The minimum Gasteiger partial charge on any atom is -0.478 e. The third-order valence-corrected chi connectivity index (χ3v) is 3.16. The summed E-state index contributed by atoms with van der Waals surface area (Å²) >= 11 is 0. The molecule has 0 spiro atoms. The zero-order chi connectivity index (χ0) is 12.0. The number of carbonyl (C=O) groups is 1. The first-order valence-corrected chi connectivity index (χ1v) is 5.39. The smallest absolute Gasteiger partial charge is 0.335 e. The molecule has 3 rings (SSSR count). The number of rotatable bonds is 1. The molecule has 1 aromatic heterocycles. The molecular formula is C14H11NO2. The van der Waals surface area contributed by atoms with E-state index >= 15 is 0 Å². The van der Waals surface area contributed by atoms with Gasteiger partial charge < -0.3 is 9.67 Å². The van der Waals surface area contributed by atoms with Crippen molar-refractivity contribution in [2.24, 2.45) is 7.05 Å². The van der Waals surface area contributed by atoms with Gasteiger partial charge in [-0.05, 0) is 18.2 Å². The van der Waals surface area contributed by atoms with Gasteiger partial charge in [0.05, 0.1) is 5.56 Å². The number of hydrogen-bond donors (Lipinski definition) is 1. The maximum absolute atomic E-state index is 11.0. The van der Waals surface area contributed by atoms with Crippen molar-refractivity contribution in [3.05, 3.63) is 48.0 Å². The lowest BCUT2D eigenvalue weighted by molar-refractivity contribution is 0.0697. The van der Waals surface area contributed by atoms with Crippen molar-refractivity contribution in [1.82, 2.24) is 4.57 Å². The fourth-order valence-corrected chi connectivity index (χ4v) is 2.29. The lowest BCUT2D eigenvalue weighted by Gasteiger charge is -1.98. The van der Waals surface area contributed by atoms with Crippen LogP contribution in [0.3, 0.4) is 0 Å². The van der Waals surface area contributed by atoms with Gasteiger partial charge in [-0.1, -0.05) is 24.3 Å². The largest absolute Gasteiger partial charge is 0.478 e. The Labute approximate surface area is 97.9 Å². The van der Waals surface area contributed by atoms with Crippen LogP contribution in [0, 0.1) is 0 Å². The van der Waals surface area contributed by atoms with Crippen LogP contribution in [0.5, 0.6) is 0 Å². The van der Waals surface area contributed by atoms with Crippen LogP contribution < -0.4 is 0 Å². The average molecular weight is 225 g/mol. The first-order chi connectivity index (χ1) is 8.18. The van der Waals surface area contributed by atoms with E-state index in [0.717, 1.165) is 21.8 Å².